The highest BCUT2D eigenvalue weighted by Crippen LogP contribution is 2.37. The summed E-state index contributed by atoms with van der Waals surface area (Å²) in [5.41, 5.74) is 0.377. The maximum absolute atomic E-state index is 11.0. The highest BCUT2D eigenvalue weighted by Gasteiger charge is 2.28. The van der Waals surface area contributed by atoms with Gasteiger partial charge in [0.2, 0.25) is 5.88 Å². The SMILES string of the molecule is O=C(Cl)c1cnc2c(c1)N([P+](=O)[O-])CCO2. The third kappa shape index (κ3) is 2.00. The predicted molar refractivity (Wildman–Crippen MR) is 54.9 cm³/mol. The molecule has 0 aromatic carbocycles. The van der Waals surface area contributed by atoms with Crippen LogP contribution in [0, 0.1) is 0 Å². The van der Waals surface area contributed by atoms with E-state index in [9.17, 15) is 14.3 Å². The zero-order chi connectivity index (χ0) is 11.7. The number of nitrogens with zero attached hydrogens (tertiary/aromatic N) is 2. The van der Waals surface area contributed by atoms with Crippen LogP contribution in [0.3, 0.4) is 0 Å². The fourth-order valence-electron chi connectivity index (χ4n) is 1.36. The van der Waals surface area contributed by atoms with E-state index in [-0.39, 0.29) is 30.3 Å². The number of fused-ring (bicyclic) bond motifs is 1. The number of pyridine rings is 1. The fraction of sp³-hybridized carbons (Fsp3) is 0.250. The Hall–Kier alpha value is -1.23. The Bertz CT molecular complexity index is 467. The molecule has 1 aromatic rings. The lowest BCUT2D eigenvalue weighted by Crippen LogP contribution is -2.29. The highest BCUT2D eigenvalue weighted by molar-refractivity contribution is 7.38. The minimum Gasteiger partial charge on any atom is -0.573 e. The Labute approximate surface area is 96.7 Å². The Morgan fingerprint density at radius 2 is 2.44 bits per heavy atom. The fourth-order valence-corrected chi connectivity index (χ4v) is 2.03. The molecule has 0 aliphatic carbocycles. The molecule has 0 saturated heterocycles. The van der Waals surface area contributed by atoms with Gasteiger partial charge in [0.15, 0.2) is 0 Å². The van der Waals surface area contributed by atoms with Crippen LogP contribution in [0.4, 0.5) is 5.69 Å². The molecular weight excluding hydrogens is 255 g/mol. The number of aromatic nitrogens is 1. The van der Waals surface area contributed by atoms with E-state index >= 15 is 0 Å². The summed E-state index contributed by atoms with van der Waals surface area (Å²) in [7, 11) is -2.78. The summed E-state index contributed by atoms with van der Waals surface area (Å²) >= 11 is 5.28. The quantitative estimate of drug-likeness (QED) is 0.574. The lowest BCUT2D eigenvalue weighted by atomic mass is 10.2. The Morgan fingerprint density at radius 3 is 3.06 bits per heavy atom. The molecule has 1 aromatic heterocycles. The first kappa shape index (κ1) is 11.3. The Morgan fingerprint density at radius 1 is 1.69 bits per heavy atom. The number of anilines is 1. The van der Waals surface area contributed by atoms with Crippen molar-refractivity contribution >= 4 is 30.7 Å². The van der Waals surface area contributed by atoms with Gasteiger partial charge < -0.3 is 9.63 Å². The van der Waals surface area contributed by atoms with Crippen LogP contribution in [0.25, 0.3) is 0 Å². The van der Waals surface area contributed by atoms with Crippen molar-refractivity contribution in [2.24, 2.45) is 0 Å². The number of hydrogen-bond donors (Lipinski definition) is 0. The van der Waals surface area contributed by atoms with Crippen molar-refractivity contribution in [2.75, 3.05) is 17.8 Å². The van der Waals surface area contributed by atoms with Crippen molar-refractivity contribution in [1.29, 1.82) is 0 Å². The summed E-state index contributed by atoms with van der Waals surface area (Å²) in [6.45, 7) is 0.435. The first-order chi connectivity index (χ1) is 7.59. The molecule has 0 spiro atoms. The van der Waals surface area contributed by atoms with Gasteiger partial charge in [-0.3, -0.25) is 4.79 Å². The van der Waals surface area contributed by atoms with Crippen molar-refractivity contribution in [2.45, 2.75) is 0 Å². The first-order valence-corrected chi connectivity index (χ1v) is 5.85. The second-order valence-corrected chi connectivity index (χ2v) is 4.33. The number of ether oxygens (including phenoxy) is 1. The molecule has 1 aliphatic heterocycles. The van der Waals surface area contributed by atoms with E-state index in [1.54, 1.807) is 0 Å². The second kappa shape index (κ2) is 4.33. The summed E-state index contributed by atoms with van der Waals surface area (Å²) in [5.74, 6) is 0.187. The van der Waals surface area contributed by atoms with E-state index in [1.165, 1.54) is 12.3 Å². The monoisotopic (exact) mass is 260 g/mol. The Balaban J connectivity index is 2.48. The van der Waals surface area contributed by atoms with Gasteiger partial charge in [-0.15, -0.1) is 0 Å². The molecule has 2 rings (SSSR count). The lowest BCUT2D eigenvalue weighted by molar-refractivity contribution is -0.165. The van der Waals surface area contributed by atoms with Gasteiger partial charge in [-0.2, -0.15) is 4.67 Å². The van der Waals surface area contributed by atoms with E-state index in [0.29, 0.717) is 0 Å². The average Bonchev–Trinajstić information content (AvgIpc) is 2.27. The molecule has 16 heavy (non-hydrogen) atoms. The van der Waals surface area contributed by atoms with E-state index in [0.717, 1.165) is 4.67 Å². The van der Waals surface area contributed by atoms with E-state index in [2.05, 4.69) is 4.98 Å². The van der Waals surface area contributed by atoms with Crippen molar-refractivity contribution in [3.63, 3.8) is 0 Å². The summed E-state index contributed by atoms with van der Waals surface area (Å²) in [6, 6.07) is 1.35. The molecule has 6 nitrogen and oxygen atoms in total. The summed E-state index contributed by atoms with van der Waals surface area (Å²) < 4.78 is 17.2. The third-order valence-corrected chi connectivity index (χ3v) is 3.10. The van der Waals surface area contributed by atoms with Crippen molar-refractivity contribution in [3.05, 3.63) is 17.8 Å². The van der Waals surface area contributed by atoms with Crippen LogP contribution in [0.15, 0.2) is 12.3 Å². The van der Waals surface area contributed by atoms with Gasteiger partial charge in [-0.05, 0) is 22.2 Å². The van der Waals surface area contributed by atoms with Crippen molar-refractivity contribution < 1.29 is 19.0 Å². The predicted octanol–water partition coefficient (Wildman–Crippen LogP) is 0.677. The molecule has 0 N–H and O–H groups in total. The minimum atomic E-state index is -2.78. The zero-order valence-electron chi connectivity index (χ0n) is 7.92. The van der Waals surface area contributed by atoms with Crippen LogP contribution in [0.5, 0.6) is 5.88 Å². The number of hydrogen-bond acceptors (Lipinski definition) is 5. The van der Waals surface area contributed by atoms with Crippen LogP contribution >= 0.6 is 19.8 Å². The highest BCUT2D eigenvalue weighted by atomic mass is 35.5. The molecule has 8 heteroatoms. The van der Waals surface area contributed by atoms with Crippen LogP contribution in [-0.2, 0) is 4.57 Å². The molecule has 0 bridgehead atoms. The molecule has 1 unspecified atom stereocenters. The maximum atomic E-state index is 11.0. The molecule has 1 atom stereocenters. The molecule has 2 heterocycles. The van der Waals surface area contributed by atoms with E-state index in [1.807, 2.05) is 0 Å². The van der Waals surface area contributed by atoms with Crippen molar-refractivity contribution in [1.82, 2.24) is 4.98 Å². The number of rotatable bonds is 2. The van der Waals surface area contributed by atoms with Crippen LogP contribution in [0.1, 0.15) is 10.4 Å². The summed E-state index contributed by atoms with van der Waals surface area (Å²) in [6.07, 6.45) is 1.25. The molecule has 1 aliphatic rings. The van der Waals surface area contributed by atoms with Gasteiger partial charge in [0, 0.05) is 6.20 Å². The maximum Gasteiger partial charge on any atom is 0.440 e. The first-order valence-electron chi connectivity index (χ1n) is 4.34. The van der Waals surface area contributed by atoms with Gasteiger partial charge in [-0.25, -0.2) is 4.98 Å². The topological polar surface area (TPSA) is 82.6 Å². The van der Waals surface area contributed by atoms with Crippen LogP contribution in [-0.4, -0.2) is 23.4 Å². The summed E-state index contributed by atoms with van der Waals surface area (Å²) in [4.78, 5) is 25.7. The van der Waals surface area contributed by atoms with Crippen LogP contribution < -0.4 is 14.3 Å². The lowest BCUT2D eigenvalue weighted by Gasteiger charge is -2.22. The minimum absolute atomic E-state index is 0.132. The molecular formula is C8H6ClN2O4P. The smallest absolute Gasteiger partial charge is 0.440 e. The molecule has 0 saturated carbocycles. The average molecular weight is 261 g/mol. The molecule has 0 fully saturated rings. The standard InChI is InChI=1S/C8H6ClN2O4P/c9-7(12)5-3-6-8(10-4-5)15-2-1-11(6)16(13)14/h3-4H,1-2H2. The normalized spacial score (nSPS) is 15.1. The molecule has 0 amide bonds. The van der Waals surface area contributed by atoms with Gasteiger partial charge in [0.25, 0.3) is 5.24 Å². The van der Waals surface area contributed by atoms with Gasteiger partial charge in [-0.1, -0.05) is 0 Å². The summed E-state index contributed by atoms with van der Waals surface area (Å²) in [5, 5.41) is -0.693. The van der Waals surface area contributed by atoms with Crippen molar-refractivity contribution in [3.8, 4) is 5.88 Å². The second-order valence-electron chi connectivity index (χ2n) is 3.03. The number of carbonyl (C=O) groups is 1. The zero-order valence-corrected chi connectivity index (χ0v) is 9.57. The van der Waals surface area contributed by atoms with E-state index in [4.69, 9.17) is 16.3 Å². The number of carbonyl (C=O) groups excluding carboxylic acids is 1. The molecule has 0 radical (unpaired) electrons. The number of halogens is 1. The third-order valence-electron chi connectivity index (χ3n) is 2.08. The van der Waals surface area contributed by atoms with E-state index < -0.39 is 13.4 Å². The van der Waals surface area contributed by atoms with Gasteiger partial charge in [0.1, 0.15) is 12.3 Å². The van der Waals surface area contributed by atoms with Gasteiger partial charge >= 0.3 is 8.18 Å². The van der Waals surface area contributed by atoms with Gasteiger partial charge in [0.05, 0.1) is 12.1 Å². The largest absolute Gasteiger partial charge is 0.573 e. The molecule has 84 valence electrons. The van der Waals surface area contributed by atoms with Crippen LogP contribution in [0.2, 0.25) is 0 Å². The Kier molecular flexibility index (Phi) is 3.05.